The Morgan fingerprint density at radius 2 is 0.479 bits per heavy atom. The van der Waals surface area contributed by atoms with Crippen LogP contribution in [0, 0.1) is 5.92 Å². The maximum absolute atomic E-state index is 13.1. The number of phosphoric acid groups is 2. The molecule has 0 fully saturated rings. The Morgan fingerprint density at radius 3 is 0.708 bits per heavy atom. The van der Waals surface area contributed by atoms with E-state index in [2.05, 4.69) is 34.6 Å². The lowest BCUT2D eigenvalue weighted by Crippen LogP contribution is -2.30. The largest absolute Gasteiger partial charge is 0.472 e. The summed E-state index contributed by atoms with van der Waals surface area (Å²) in [6.45, 7) is 7.17. The van der Waals surface area contributed by atoms with Gasteiger partial charge in [-0.3, -0.25) is 37.3 Å². The van der Waals surface area contributed by atoms with Crippen molar-refractivity contribution in [3.05, 3.63) is 0 Å². The quantitative estimate of drug-likeness (QED) is 0.0222. The first-order valence-electron chi connectivity index (χ1n) is 40.1. The molecule has 0 heterocycles. The summed E-state index contributed by atoms with van der Waals surface area (Å²) in [6, 6.07) is 0. The molecule has 3 N–H and O–H groups in total. The van der Waals surface area contributed by atoms with Crippen LogP contribution in [0.4, 0.5) is 0 Å². The maximum Gasteiger partial charge on any atom is 0.472 e. The van der Waals surface area contributed by atoms with E-state index in [0.29, 0.717) is 31.6 Å². The van der Waals surface area contributed by atoms with Crippen LogP contribution in [-0.2, 0) is 65.4 Å². The van der Waals surface area contributed by atoms with Gasteiger partial charge in [0.15, 0.2) is 12.2 Å². The van der Waals surface area contributed by atoms with Crippen LogP contribution in [0.25, 0.3) is 0 Å². The van der Waals surface area contributed by atoms with Gasteiger partial charge in [0.05, 0.1) is 26.4 Å². The van der Waals surface area contributed by atoms with Gasteiger partial charge in [0.2, 0.25) is 0 Å². The molecule has 19 heteroatoms. The molecule has 0 aromatic carbocycles. The van der Waals surface area contributed by atoms with Crippen molar-refractivity contribution >= 4 is 39.5 Å². The summed E-state index contributed by atoms with van der Waals surface area (Å²) < 4.78 is 68.4. The lowest BCUT2D eigenvalue weighted by atomic mass is 10.0. The minimum atomic E-state index is -4.96. The molecule has 0 spiro atoms. The van der Waals surface area contributed by atoms with Crippen LogP contribution in [0.3, 0.4) is 0 Å². The smallest absolute Gasteiger partial charge is 0.462 e. The van der Waals surface area contributed by atoms with Crippen LogP contribution in [0.1, 0.15) is 407 Å². The molecule has 570 valence electrons. The van der Waals surface area contributed by atoms with Crippen molar-refractivity contribution < 1.29 is 80.2 Å². The van der Waals surface area contributed by atoms with Gasteiger partial charge in [-0.1, -0.05) is 356 Å². The van der Waals surface area contributed by atoms with Crippen LogP contribution >= 0.6 is 15.6 Å². The average Bonchev–Trinajstić information content (AvgIpc) is 2.01. The first-order chi connectivity index (χ1) is 46.5. The molecular formula is C77H150O17P2. The van der Waals surface area contributed by atoms with E-state index in [9.17, 15) is 43.2 Å². The maximum atomic E-state index is 13.1. The van der Waals surface area contributed by atoms with Crippen LogP contribution in [0.2, 0.25) is 0 Å². The van der Waals surface area contributed by atoms with Gasteiger partial charge < -0.3 is 33.8 Å². The zero-order valence-corrected chi connectivity index (χ0v) is 64.3. The first kappa shape index (κ1) is 94.1. The summed E-state index contributed by atoms with van der Waals surface area (Å²) in [5.74, 6) is -1.45. The molecule has 2 unspecified atom stereocenters. The predicted molar refractivity (Wildman–Crippen MR) is 391 cm³/mol. The second-order valence-corrected chi connectivity index (χ2v) is 31.1. The van der Waals surface area contributed by atoms with Gasteiger partial charge in [0.25, 0.3) is 0 Å². The number of ether oxygens (including phenoxy) is 4. The number of unbranched alkanes of at least 4 members (excludes halogenated alkanes) is 49. The Kier molecular flexibility index (Phi) is 68.7. The molecule has 0 radical (unpaired) electrons. The van der Waals surface area contributed by atoms with Crippen molar-refractivity contribution in [1.29, 1.82) is 0 Å². The minimum Gasteiger partial charge on any atom is -0.462 e. The van der Waals surface area contributed by atoms with Crippen molar-refractivity contribution in [3.8, 4) is 0 Å². The van der Waals surface area contributed by atoms with E-state index in [1.54, 1.807) is 0 Å². The zero-order valence-electron chi connectivity index (χ0n) is 62.5. The number of aliphatic hydroxyl groups is 1. The zero-order chi connectivity index (χ0) is 70.5. The van der Waals surface area contributed by atoms with Crippen molar-refractivity contribution in [2.75, 3.05) is 39.6 Å². The van der Waals surface area contributed by atoms with Gasteiger partial charge in [0, 0.05) is 25.7 Å². The average molecular weight is 1410 g/mol. The predicted octanol–water partition coefficient (Wildman–Crippen LogP) is 22.9. The molecule has 0 amide bonds. The SMILES string of the molecule is CCCCCCCCCCCCCCCCCCCCCCCCC(=O)O[C@H](COC(=O)CCCCCCCCCCCCCCCCCCC)COP(=O)(O)OC[C@@H](O)COP(=O)(O)OC[C@@H](COC(=O)CCCCCCCCCC)OC(=O)CCCCCCCCC(C)C. The Labute approximate surface area is 588 Å². The van der Waals surface area contributed by atoms with Crippen LogP contribution in [0.5, 0.6) is 0 Å². The number of hydrogen-bond donors (Lipinski definition) is 3. The van der Waals surface area contributed by atoms with E-state index in [1.807, 2.05) is 0 Å². The molecule has 17 nitrogen and oxygen atoms in total. The second-order valence-electron chi connectivity index (χ2n) is 28.2. The van der Waals surface area contributed by atoms with E-state index in [4.69, 9.17) is 37.0 Å². The summed E-state index contributed by atoms with van der Waals surface area (Å²) in [5, 5.41) is 10.6. The number of hydrogen-bond acceptors (Lipinski definition) is 15. The third-order valence-electron chi connectivity index (χ3n) is 18.0. The van der Waals surface area contributed by atoms with E-state index in [1.165, 1.54) is 225 Å². The Balaban J connectivity index is 5.14. The molecule has 0 bridgehead atoms. The Bertz CT molecular complexity index is 1840. The van der Waals surface area contributed by atoms with Crippen LogP contribution in [-0.4, -0.2) is 96.7 Å². The number of phosphoric ester groups is 2. The third-order valence-corrected chi connectivity index (χ3v) is 19.9. The Morgan fingerprint density at radius 1 is 0.281 bits per heavy atom. The molecular weight excluding hydrogens is 1260 g/mol. The molecule has 0 aliphatic carbocycles. The van der Waals surface area contributed by atoms with Crippen LogP contribution < -0.4 is 0 Å². The van der Waals surface area contributed by atoms with Gasteiger partial charge in [-0.05, 0) is 31.6 Å². The molecule has 0 aromatic rings. The second kappa shape index (κ2) is 70.1. The summed E-state index contributed by atoms with van der Waals surface area (Å²) in [7, 11) is -9.90. The number of esters is 4. The summed E-state index contributed by atoms with van der Waals surface area (Å²) in [4.78, 5) is 72.6. The van der Waals surface area contributed by atoms with Gasteiger partial charge in [-0.25, -0.2) is 9.13 Å². The summed E-state index contributed by atoms with van der Waals surface area (Å²) in [5.41, 5.74) is 0. The molecule has 96 heavy (non-hydrogen) atoms. The van der Waals surface area contributed by atoms with Crippen molar-refractivity contribution in [1.82, 2.24) is 0 Å². The van der Waals surface area contributed by atoms with E-state index in [-0.39, 0.29) is 25.7 Å². The normalized spacial score (nSPS) is 13.9. The molecule has 0 aromatic heterocycles. The standard InChI is InChI=1S/C77H150O17P2/c1-6-9-12-15-18-21-23-25-27-29-30-31-32-33-35-37-39-41-43-46-52-57-62-76(81)93-72(66-88-75(80)61-56-51-45-42-40-38-36-34-28-26-24-22-19-16-13-10-7-2)68-91-95(83,84)89-64-71(78)65-90-96(85,86)92-69-73(67-87-74(79)60-55-50-44-20-17-14-11-8-3)94-77(82)63-58-53-48-47-49-54-59-70(4)5/h70-73,78H,6-69H2,1-5H3,(H,83,84)(H,85,86)/t71-,72-,73-/m1/s1. The first-order valence-corrected chi connectivity index (χ1v) is 43.1. The van der Waals surface area contributed by atoms with Crippen molar-refractivity contribution in [2.45, 2.75) is 425 Å². The monoisotopic (exact) mass is 1410 g/mol. The third kappa shape index (κ3) is 70.5. The van der Waals surface area contributed by atoms with Crippen molar-refractivity contribution in [2.24, 2.45) is 5.92 Å². The van der Waals surface area contributed by atoms with Gasteiger partial charge >= 0.3 is 39.5 Å². The number of rotatable bonds is 77. The highest BCUT2D eigenvalue weighted by Gasteiger charge is 2.30. The fourth-order valence-electron chi connectivity index (χ4n) is 11.9. The lowest BCUT2D eigenvalue weighted by Gasteiger charge is -2.21. The summed E-state index contributed by atoms with van der Waals surface area (Å²) in [6.07, 6.45) is 60.2. The minimum absolute atomic E-state index is 0.102. The fourth-order valence-corrected chi connectivity index (χ4v) is 13.5. The van der Waals surface area contributed by atoms with Crippen molar-refractivity contribution in [3.63, 3.8) is 0 Å². The molecule has 0 saturated heterocycles. The van der Waals surface area contributed by atoms with E-state index < -0.39 is 97.5 Å². The Hall–Kier alpha value is -1.94. The lowest BCUT2D eigenvalue weighted by molar-refractivity contribution is -0.161. The van der Waals surface area contributed by atoms with Crippen LogP contribution in [0.15, 0.2) is 0 Å². The van der Waals surface area contributed by atoms with Gasteiger partial charge in [-0.15, -0.1) is 0 Å². The number of carbonyl (C=O) groups is 4. The molecule has 0 aliphatic heterocycles. The van der Waals surface area contributed by atoms with Gasteiger partial charge in [0.1, 0.15) is 19.3 Å². The molecule has 0 rings (SSSR count). The highest BCUT2D eigenvalue weighted by molar-refractivity contribution is 7.47. The molecule has 0 saturated carbocycles. The number of carbonyl (C=O) groups excluding carboxylic acids is 4. The van der Waals surface area contributed by atoms with E-state index >= 15 is 0 Å². The summed E-state index contributed by atoms with van der Waals surface area (Å²) >= 11 is 0. The molecule has 5 atom stereocenters. The fraction of sp³-hybridized carbons (Fsp3) is 0.948. The number of aliphatic hydroxyl groups excluding tert-OH is 1. The highest BCUT2D eigenvalue weighted by atomic mass is 31.2. The highest BCUT2D eigenvalue weighted by Crippen LogP contribution is 2.45. The molecule has 0 aliphatic rings. The van der Waals surface area contributed by atoms with Gasteiger partial charge in [-0.2, -0.15) is 0 Å². The van der Waals surface area contributed by atoms with E-state index in [0.717, 1.165) is 96.3 Å². The topological polar surface area (TPSA) is 237 Å².